The molecule has 1 aliphatic rings. The largest absolute Gasteiger partial charge is 2.00 e. The van der Waals surface area contributed by atoms with Crippen LogP contribution in [0.3, 0.4) is 0 Å². The van der Waals surface area contributed by atoms with Crippen LogP contribution < -0.4 is 0 Å². The minimum atomic E-state index is -0.282. The van der Waals surface area contributed by atoms with Crippen LogP contribution in [-0.2, 0) is 29.6 Å². The summed E-state index contributed by atoms with van der Waals surface area (Å²) in [4.78, 5) is 11.5. The Morgan fingerprint density at radius 3 is 2.04 bits per heavy atom. The van der Waals surface area contributed by atoms with Crippen molar-refractivity contribution in [1.29, 1.82) is 0 Å². The summed E-state index contributed by atoms with van der Waals surface area (Å²) in [5.41, 5.74) is 2.39. The molecule has 120 valence electrons. The van der Waals surface area contributed by atoms with Gasteiger partial charge in [0.15, 0.2) is 0 Å². The molecule has 0 bridgehead atoms. The third kappa shape index (κ3) is 5.14. The van der Waals surface area contributed by atoms with Crippen LogP contribution in [0.25, 0.3) is 10.8 Å². The van der Waals surface area contributed by atoms with Crippen LogP contribution in [-0.4, -0.2) is 13.1 Å². The van der Waals surface area contributed by atoms with E-state index in [0.29, 0.717) is 11.0 Å². The van der Waals surface area contributed by atoms with E-state index >= 15 is 0 Å². The number of ether oxygens (including phenoxy) is 1. The van der Waals surface area contributed by atoms with Gasteiger partial charge in [0, 0.05) is 0 Å². The Labute approximate surface area is 153 Å². The molecule has 0 N–H and O–H groups in total. The molecule has 23 heavy (non-hydrogen) atoms. The molecule has 0 atom stereocenters. The van der Waals surface area contributed by atoms with Crippen molar-refractivity contribution in [3.8, 4) is 0 Å². The fourth-order valence-corrected chi connectivity index (χ4v) is 2.34. The minimum absolute atomic E-state index is 0. The van der Waals surface area contributed by atoms with Crippen molar-refractivity contribution in [3.05, 3.63) is 61.4 Å². The van der Waals surface area contributed by atoms with E-state index in [1.807, 2.05) is 18.2 Å². The number of benzene rings is 2. The van der Waals surface area contributed by atoms with Gasteiger partial charge in [0.1, 0.15) is 0 Å². The summed E-state index contributed by atoms with van der Waals surface area (Å²) < 4.78 is 4.73. The van der Waals surface area contributed by atoms with Gasteiger partial charge in [-0.05, 0) is 46.7 Å². The number of hydrogen-bond donors (Lipinski definition) is 0. The third-order valence-electron chi connectivity index (χ3n) is 3.96. The van der Waals surface area contributed by atoms with E-state index < -0.39 is 0 Å². The fraction of sp³-hybridized carbons (Fsp3) is 0.350. The summed E-state index contributed by atoms with van der Waals surface area (Å²) in [6.45, 7) is 12.3. The number of carbonyl (C=O) groups is 1. The van der Waals surface area contributed by atoms with Gasteiger partial charge in [-0.3, -0.25) is 0 Å². The van der Waals surface area contributed by atoms with E-state index in [1.165, 1.54) is 30.9 Å². The second kappa shape index (κ2) is 9.83. The van der Waals surface area contributed by atoms with Gasteiger partial charge >= 0.3 is 25.4 Å². The Bertz CT molecular complexity index is 631. The first-order valence-corrected chi connectivity index (χ1v) is 7.66. The van der Waals surface area contributed by atoms with Gasteiger partial charge in [-0.1, -0.05) is 31.2 Å². The van der Waals surface area contributed by atoms with Gasteiger partial charge in [0.05, 0.1) is 12.7 Å². The van der Waals surface area contributed by atoms with E-state index in [0.717, 1.165) is 5.39 Å². The average Bonchev–Trinajstić information content (AvgIpc) is 3.35. The standard InChI is InChI=1S/C16H16O2.2C2H5.Zn/c1-16(7-8-16)14-6-5-11-9-13(15(17)18-2)4-3-12(11)10-14;2*1-2;/h3-6,9-10H,7-8H2,1-2H3;2*1H2,2H3;/q;2*-1;+2. The molecule has 3 heteroatoms. The van der Waals surface area contributed by atoms with Crippen LogP contribution in [0.15, 0.2) is 36.4 Å². The second-order valence-corrected chi connectivity index (χ2v) is 5.33. The first-order valence-electron chi connectivity index (χ1n) is 7.66. The van der Waals surface area contributed by atoms with E-state index in [9.17, 15) is 4.79 Å². The number of fused-ring (bicyclic) bond motifs is 1. The number of esters is 1. The van der Waals surface area contributed by atoms with Crippen LogP contribution in [0.1, 0.15) is 49.5 Å². The van der Waals surface area contributed by atoms with Gasteiger partial charge < -0.3 is 18.6 Å². The molecule has 1 fully saturated rings. The molecular formula is C20H26O2Zn. The average molecular weight is 364 g/mol. The van der Waals surface area contributed by atoms with E-state index in [4.69, 9.17) is 4.74 Å². The SMILES string of the molecule is COC(=O)c1ccc2cc(C3(C)CC3)ccc2c1.[CH2-]C.[CH2-]C.[Zn+2]. The number of rotatable bonds is 2. The van der Waals surface area contributed by atoms with Gasteiger partial charge in [0.25, 0.3) is 0 Å². The zero-order chi connectivity index (χ0) is 16.8. The Morgan fingerprint density at radius 2 is 1.52 bits per heavy atom. The molecule has 0 aromatic heterocycles. The molecule has 2 aromatic rings. The van der Waals surface area contributed by atoms with Gasteiger partial charge in [-0.25, -0.2) is 4.79 Å². The van der Waals surface area contributed by atoms with Crippen molar-refractivity contribution in [2.75, 3.05) is 7.11 Å². The smallest absolute Gasteiger partial charge is 0.465 e. The maximum absolute atomic E-state index is 11.5. The summed E-state index contributed by atoms with van der Waals surface area (Å²) >= 11 is 0. The molecule has 0 unspecified atom stereocenters. The monoisotopic (exact) mass is 362 g/mol. The quantitative estimate of drug-likeness (QED) is 0.408. The van der Waals surface area contributed by atoms with Crippen molar-refractivity contribution in [2.45, 2.75) is 39.0 Å². The van der Waals surface area contributed by atoms with E-state index in [1.54, 1.807) is 13.8 Å². The molecule has 3 rings (SSSR count). The van der Waals surface area contributed by atoms with Crippen LogP contribution in [0.5, 0.6) is 0 Å². The topological polar surface area (TPSA) is 26.3 Å². The van der Waals surface area contributed by atoms with Crippen LogP contribution in [0.4, 0.5) is 0 Å². The van der Waals surface area contributed by atoms with Crippen LogP contribution >= 0.6 is 0 Å². The summed E-state index contributed by atoms with van der Waals surface area (Å²) in [6, 6.07) is 12.2. The van der Waals surface area contributed by atoms with Crippen molar-refractivity contribution in [2.24, 2.45) is 0 Å². The van der Waals surface area contributed by atoms with Crippen molar-refractivity contribution in [1.82, 2.24) is 0 Å². The van der Waals surface area contributed by atoms with Gasteiger partial charge in [0.2, 0.25) is 0 Å². The van der Waals surface area contributed by atoms with Crippen molar-refractivity contribution >= 4 is 16.7 Å². The second-order valence-electron chi connectivity index (χ2n) is 5.33. The molecule has 2 nitrogen and oxygen atoms in total. The molecule has 0 amide bonds. The predicted octanol–water partition coefficient (Wildman–Crippen LogP) is 5.36. The van der Waals surface area contributed by atoms with E-state index in [-0.39, 0.29) is 25.4 Å². The van der Waals surface area contributed by atoms with Crippen LogP contribution in [0, 0.1) is 13.8 Å². The Kier molecular flexibility index (Phi) is 9.31. The fourth-order valence-electron chi connectivity index (χ4n) is 2.34. The first-order chi connectivity index (χ1) is 10.6. The summed E-state index contributed by atoms with van der Waals surface area (Å²) in [5.74, 6) is -0.282. The van der Waals surface area contributed by atoms with Gasteiger partial charge in [-0.2, -0.15) is 13.8 Å². The third-order valence-corrected chi connectivity index (χ3v) is 3.96. The van der Waals surface area contributed by atoms with Crippen LogP contribution in [0.2, 0.25) is 0 Å². The molecule has 0 aliphatic heterocycles. The zero-order valence-electron chi connectivity index (χ0n) is 14.8. The molecule has 0 spiro atoms. The van der Waals surface area contributed by atoms with Crippen molar-refractivity contribution < 1.29 is 29.0 Å². The van der Waals surface area contributed by atoms with Gasteiger partial charge in [-0.15, -0.1) is 0 Å². The molecule has 0 radical (unpaired) electrons. The summed E-state index contributed by atoms with van der Waals surface area (Å²) in [7, 11) is 1.41. The molecule has 2 aromatic carbocycles. The molecule has 0 saturated heterocycles. The molecule has 1 saturated carbocycles. The number of methoxy groups -OCH3 is 1. The molecule has 1 aliphatic carbocycles. The Balaban J connectivity index is 0.000000901. The Morgan fingerprint density at radius 1 is 1.00 bits per heavy atom. The Hall–Kier alpha value is -1.21. The number of carbonyl (C=O) groups excluding carboxylic acids is 1. The zero-order valence-corrected chi connectivity index (χ0v) is 17.8. The maximum atomic E-state index is 11.5. The van der Waals surface area contributed by atoms with Crippen molar-refractivity contribution in [3.63, 3.8) is 0 Å². The van der Waals surface area contributed by atoms with E-state index in [2.05, 4.69) is 39.0 Å². The molecule has 0 heterocycles. The summed E-state index contributed by atoms with van der Waals surface area (Å²) in [5, 5.41) is 2.28. The maximum Gasteiger partial charge on any atom is 2.00 e. The minimum Gasteiger partial charge on any atom is -0.465 e. The predicted molar refractivity (Wildman–Crippen MR) is 93.9 cm³/mol. The summed E-state index contributed by atoms with van der Waals surface area (Å²) in [6.07, 6.45) is 2.55. The number of hydrogen-bond acceptors (Lipinski definition) is 2. The normalized spacial score (nSPS) is 13.5. The molecular weight excluding hydrogens is 338 g/mol. The first kappa shape index (κ1) is 21.8.